The highest BCUT2D eigenvalue weighted by Crippen LogP contribution is 2.28. The Bertz CT molecular complexity index is 1260. The molecule has 0 aliphatic heterocycles. The van der Waals surface area contributed by atoms with Crippen LogP contribution in [0.1, 0.15) is 44.4 Å². The lowest BCUT2D eigenvalue weighted by atomic mass is 10.0. The molecule has 0 radical (unpaired) electrons. The molecule has 1 atom stereocenters. The molecule has 0 aliphatic carbocycles. The molecule has 2 aromatic carbocycles. The Labute approximate surface area is 213 Å². The van der Waals surface area contributed by atoms with Crippen molar-refractivity contribution in [3.8, 4) is 11.3 Å². The standard InChI is InChI=1S/C29H33ClN4O/c1-19(2)8-6-7-9-27-29(22-10-13-24(30)14-11-22)33-26-15-12-23(18-28(26)32-27)20(3)34(5)21(4)25(31)16-17-35/h10-18,21H,1,3,6-9,31H2,2,4-5H3. The molecule has 0 saturated heterocycles. The van der Waals surface area contributed by atoms with Gasteiger partial charge < -0.3 is 10.6 Å². The molecular formula is C29H33ClN4O. The highest BCUT2D eigenvalue weighted by atomic mass is 35.5. The van der Waals surface area contributed by atoms with Crippen molar-refractivity contribution in [3.63, 3.8) is 0 Å². The highest BCUT2D eigenvalue weighted by Gasteiger charge is 2.17. The smallest absolute Gasteiger partial charge is 0.144 e. The number of carbonyl (C=O) groups is 1. The molecule has 3 aromatic rings. The second-order valence-electron chi connectivity index (χ2n) is 8.93. The van der Waals surface area contributed by atoms with Crippen LogP contribution in [0, 0.1) is 0 Å². The van der Waals surface area contributed by atoms with Crippen LogP contribution >= 0.6 is 11.6 Å². The Morgan fingerprint density at radius 2 is 1.83 bits per heavy atom. The quantitative estimate of drug-likeness (QED) is 0.143. The van der Waals surface area contributed by atoms with Gasteiger partial charge in [0.05, 0.1) is 28.5 Å². The fourth-order valence-electron chi connectivity index (χ4n) is 3.88. The summed E-state index contributed by atoms with van der Waals surface area (Å²) < 4.78 is 0. The van der Waals surface area contributed by atoms with Crippen LogP contribution in [0.3, 0.4) is 0 Å². The molecule has 5 nitrogen and oxygen atoms in total. The van der Waals surface area contributed by atoms with E-state index in [0.717, 1.165) is 64.9 Å². The molecule has 0 spiro atoms. The van der Waals surface area contributed by atoms with Gasteiger partial charge in [0, 0.05) is 29.0 Å². The number of aryl methyl sites for hydroxylation is 1. The maximum Gasteiger partial charge on any atom is 0.144 e. The molecule has 0 bridgehead atoms. The summed E-state index contributed by atoms with van der Waals surface area (Å²) in [5.74, 6) is 0. The Balaban J connectivity index is 1.98. The van der Waals surface area contributed by atoms with Gasteiger partial charge in [0.2, 0.25) is 0 Å². The zero-order chi connectivity index (χ0) is 25.5. The van der Waals surface area contributed by atoms with Crippen LogP contribution in [0.25, 0.3) is 28.0 Å². The molecule has 0 aliphatic rings. The number of aldehydes is 1. The van der Waals surface area contributed by atoms with E-state index < -0.39 is 0 Å². The summed E-state index contributed by atoms with van der Waals surface area (Å²) in [6.07, 6.45) is 5.97. The first kappa shape index (κ1) is 26.2. The first-order valence-electron chi connectivity index (χ1n) is 11.7. The van der Waals surface area contributed by atoms with Crippen LogP contribution in [0.4, 0.5) is 0 Å². The molecule has 1 heterocycles. The Morgan fingerprint density at radius 1 is 1.11 bits per heavy atom. The molecule has 0 saturated carbocycles. The summed E-state index contributed by atoms with van der Waals surface area (Å²) >= 11 is 6.11. The molecule has 1 aromatic heterocycles. The van der Waals surface area contributed by atoms with Crippen molar-refractivity contribution in [3.05, 3.63) is 89.2 Å². The zero-order valence-electron chi connectivity index (χ0n) is 20.7. The number of hydrogen-bond donors (Lipinski definition) is 1. The Kier molecular flexibility index (Phi) is 8.83. The van der Waals surface area contributed by atoms with Gasteiger partial charge in [-0.1, -0.05) is 42.0 Å². The first-order chi connectivity index (χ1) is 16.7. The SMILES string of the molecule is C=C(C)CCCCc1nc2cc(C(=C)N(C)C(C)C(N)=CC=O)ccc2nc1-c1ccc(Cl)cc1. The van der Waals surface area contributed by atoms with Crippen LogP contribution in [0.15, 0.2) is 73.0 Å². The second-order valence-corrected chi connectivity index (χ2v) is 9.37. The van der Waals surface area contributed by atoms with E-state index in [1.807, 2.05) is 61.3 Å². The third kappa shape index (κ3) is 6.58. The summed E-state index contributed by atoms with van der Waals surface area (Å²) in [7, 11) is 1.91. The van der Waals surface area contributed by atoms with Crippen LogP contribution in [0.5, 0.6) is 0 Å². The van der Waals surface area contributed by atoms with Crippen molar-refractivity contribution in [1.82, 2.24) is 14.9 Å². The third-order valence-electron chi connectivity index (χ3n) is 6.20. The predicted octanol–water partition coefficient (Wildman–Crippen LogP) is 6.57. The fourth-order valence-corrected chi connectivity index (χ4v) is 4.01. The van der Waals surface area contributed by atoms with E-state index in [1.165, 1.54) is 11.6 Å². The van der Waals surface area contributed by atoms with Gasteiger partial charge in [0.15, 0.2) is 0 Å². The summed E-state index contributed by atoms with van der Waals surface area (Å²) in [6, 6.07) is 13.5. The van der Waals surface area contributed by atoms with E-state index in [4.69, 9.17) is 27.3 Å². The van der Waals surface area contributed by atoms with E-state index in [2.05, 4.69) is 20.1 Å². The van der Waals surface area contributed by atoms with Crippen LogP contribution < -0.4 is 5.73 Å². The lowest BCUT2D eigenvalue weighted by molar-refractivity contribution is -0.104. The monoisotopic (exact) mass is 488 g/mol. The molecule has 3 rings (SSSR count). The minimum absolute atomic E-state index is 0.175. The van der Waals surface area contributed by atoms with Crippen molar-refractivity contribution in [2.45, 2.75) is 45.6 Å². The number of nitrogens with zero attached hydrogens (tertiary/aromatic N) is 3. The predicted molar refractivity (Wildman–Crippen MR) is 147 cm³/mol. The number of benzene rings is 2. The molecule has 182 valence electrons. The van der Waals surface area contributed by atoms with E-state index >= 15 is 0 Å². The van der Waals surface area contributed by atoms with Crippen molar-refractivity contribution >= 4 is 34.6 Å². The molecule has 6 heteroatoms. The van der Waals surface area contributed by atoms with Crippen molar-refractivity contribution in [2.75, 3.05) is 7.05 Å². The van der Waals surface area contributed by atoms with Crippen LogP contribution in [-0.4, -0.2) is 34.2 Å². The number of fused-ring (bicyclic) bond motifs is 1. The van der Waals surface area contributed by atoms with Gasteiger partial charge in [0.25, 0.3) is 0 Å². The molecule has 1 unspecified atom stereocenters. The Hall–Kier alpha value is -3.44. The molecular weight excluding hydrogens is 456 g/mol. The van der Waals surface area contributed by atoms with Crippen LogP contribution in [0.2, 0.25) is 5.02 Å². The summed E-state index contributed by atoms with van der Waals surface area (Å²) in [5, 5.41) is 0.690. The number of rotatable bonds is 11. The minimum Gasteiger partial charge on any atom is -0.400 e. The average molecular weight is 489 g/mol. The number of likely N-dealkylation sites (N-methyl/N-ethyl adjacent to an activating group) is 1. The van der Waals surface area contributed by atoms with E-state index in [-0.39, 0.29) is 6.04 Å². The lowest BCUT2D eigenvalue weighted by Crippen LogP contribution is -2.32. The molecule has 0 amide bonds. The maximum absolute atomic E-state index is 10.8. The summed E-state index contributed by atoms with van der Waals surface area (Å²) in [5.41, 5.74) is 13.9. The summed E-state index contributed by atoms with van der Waals surface area (Å²) in [4.78, 5) is 22.8. The summed E-state index contributed by atoms with van der Waals surface area (Å²) in [6.45, 7) is 12.3. The fraction of sp³-hybridized carbons (Fsp3) is 0.276. The third-order valence-corrected chi connectivity index (χ3v) is 6.46. The average Bonchev–Trinajstić information content (AvgIpc) is 2.85. The molecule has 2 N–H and O–H groups in total. The van der Waals surface area contributed by atoms with Gasteiger partial charge in [-0.2, -0.15) is 0 Å². The zero-order valence-corrected chi connectivity index (χ0v) is 21.5. The van der Waals surface area contributed by atoms with Gasteiger partial charge in [-0.25, -0.2) is 9.97 Å². The van der Waals surface area contributed by atoms with Gasteiger partial charge in [-0.3, -0.25) is 4.79 Å². The van der Waals surface area contributed by atoms with E-state index in [9.17, 15) is 4.79 Å². The second kappa shape index (κ2) is 11.8. The first-order valence-corrected chi connectivity index (χ1v) is 12.1. The minimum atomic E-state index is -0.175. The van der Waals surface area contributed by atoms with Crippen LogP contribution in [-0.2, 0) is 11.2 Å². The van der Waals surface area contributed by atoms with E-state index in [1.54, 1.807) is 0 Å². The van der Waals surface area contributed by atoms with Gasteiger partial charge >= 0.3 is 0 Å². The maximum atomic E-state index is 10.8. The number of unbranched alkanes of at least 4 members (excludes halogenated alkanes) is 1. The van der Waals surface area contributed by atoms with Gasteiger partial charge in [0.1, 0.15) is 6.29 Å². The number of allylic oxidation sites excluding steroid dienone is 2. The van der Waals surface area contributed by atoms with Crippen molar-refractivity contribution in [2.24, 2.45) is 5.73 Å². The van der Waals surface area contributed by atoms with E-state index in [0.29, 0.717) is 17.0 Å². The number of halogens is 1. The normalized spacial score (nSPS) is 12.4. The van der Waals surface area contributed by atoms with Crippen molar-refractivity contribution in [1.29, 1.82) is 0 Å². The molecule has 0 fully saturated rings. The van der Waals surface area contributed by atoms with Gasteiger partial charge in [-0.15, -0.1) is 6.58 Å². The topological polar surface area (TPSA) is 72.1 Å². The van der Waals surface area contributed by atoms with Gasteiger partial charge in [-0.05, 0) is 75.4 Å². The largest absolute Gasteiger partial charge is 0.400 e. The highest BCUT2D eigenvalue weighted by molar-refractivity contribution is 6.30. The lowest BCUT2D eigenvalue weighted by Gasteiger charge is -2.29. The van der Waals surface area contributed by atoms with Crippen molar-refractivity contribution < 1.29 is 4.79 Å². The number of carbonyl (C=O) groups excluding carboxylic acids is 1. The number of nitrogens with two attached hydrogens (primary N) is 1. The number of aromatic nitrogens is 2. The Morgan fingerprint density at radius 3 is 2.49 bits per heavy atom. The number of hydrogen-bond acceptors (Lipinski definition) is 5. The molecule has 35 heavy (non-hydrogen) atoms.